The van der Waals surface area contributed by atoms with Gasteiger partial charge < -0.3 is 10.2 Å². The number of hydrogen-bond donors (Lipinski definition) is 1. The molecule has 19 heavy (non-hydrogen) atoms. The molecule has 2 amide bonds. The first-order chi connectivity index (χ1) is 9.19. The van der Waals surface area contributed by atoms with Crippen molar-refractivity contribution < 1.29 is 4.79 Å². The van der Waals surface area contributed by atoms with E-state index in [-0.39, 0.29) is 6.03 Å². The van der Waals surface area contributed by atoms with Crippen LogP contribution in [0.3, 0.4) is 0 Å². The first kappa shape index (κ1) is 14.2. The first-order valence-electron chi connectivity index (χ1n) is 7.00. The molecule has 0 bridgehead atoms. The molecule has 1 saturated heterocycles. The van der Waals surface area contributed by atoms with E-state index >= 15 is 0 Å². The summed E-state index contributed by atoms with van der Waals surface area (Å²) < 4.78 is 0. The fraction of sp³-hybridized carbons (Fsp3) is 0.533. The van der Waals surface area contributed by atoms with E-state index in [0.717, 1.165) is 37.5 Å². The van der Waals surface area contributed by atoms with Gasteiger partial charge >= 0.3 is 6.03 Å². The SMILES string of the molecule is CCCC1CCN(C(=O)Nc2ccc(Cl)cc2)CC1. The molecule has 0 spiro atoms. The number of carbonyl (C=O) groups is 1. The number of halogens is 1. The molecule has 1 N–H and O–H groups in total. The van der Waals surface area contributed by atoms with Crippen LogP contribution in [0.5, 0.6) is 0 Å². The Morgan fingerprint density at radius 2 is 1.95 bits per heavy atom. The first-order valence-corrected chi connectivity index (χ1v) is 7.38. The number of amides is 2. The summed E-state index contributed by atoms with van der Waals surface area (Å²) in [5, 5.41) is 3.59. The third kappa shape index (κ3) is 4.13. The topological polar surface area (TPSA) is 32.3 Å². The molecule has 3 nitrogen and oxygen atoms in total. The lowest BCUT2D eigenvalue weighted by Crippen LogP contribution is -2.41. The number of anilines is 1. The molecule has 1 aliphatic heterocycles. The minimum Gasteiger partial charge on any atom is -0.325 e. The maximum Gasteiger partial charge on any atom is 0.321 e. The number of rotatable bonds is 3. The average Bonchev–Trinajstić information content (AvgIpc) is 2.42. The van der Waals surface area contributed by atoms with Crippen LogP contribution in [-0.2, 0) is 0 Å². The third-order valence-electron chi connectivity index (χ3n) is 3.69. The van der Waals surface area contributed by atoms with E-state index in [9.17, 15) is 4.79 Å². The zero-order valence-electron chi connectivity index (χ0n) is 11.4. The molecule has 4 heteroatoms. The molecule has 0 radical (unpaired) electrons. The summed E-state index contributed by atoms with van der Waals surface area (Å²) in [6, 6.07) is 7.21. The molecule has 104 valence electrons. The lowest BCUT2D eigenvalue weighted by Gasteiger charge is -2.31. The van der Waals surface area contributed by atoms with Crippen molar-refractivity contribution >= 4 is 23.3 Å². The molecule has 0 aromatic heterocycles. The van der Waals surface area contributed by atoms with Gasteiger partial charge in [-0.05, 0) is 43.0 Å². The highest BCUT2D eigenvalue weighted by molar-refractivity contribution is 6.30. The molecule has 0 atom stereocenters. The lowest BCUT2D eigenvalue weighted by atomic mass is 9.93. The normalized spacial score (nSPS) is 16.4. The van der Waals surface area contributed by atoms with Crippen LogP contribution < -0.4 is 5.32 Å². The van der Waals surface area contributed by atoms with Crippen LogP contribution in [0.4, 0.5) is 10.5 Å². The minimum atomic E-state index is -0.00253. The number of nitrogens with zero attached hydrogens (tertiary/aromatic N) is 1. The number of benzene rings is 1. The zero-order chi connectivity index (χ0) is 13.7. The van der Waals surface area contributed by atoms with E-state index in [0.29, 0.717) is 5.02 Å². The second kappa shape index (κ2) is 6.80. The predicted molar refractivity (Wildman–Crippen MR) is 79.7 cm³/mol. The van der Waals surface area contributed by atoms with E-state index in [1.54, 1.807) is 12.1 Å². The van der Waals surface area contributed by atoms with Crippen LogP contribution in [0.15, 0.2) is 24.3 Å². The summed E-state index contributed by atoms with van der Waals surface area (Å²) in [7, 11) is 0. The van der Waals surface area contributed by atoms with Gasteiger partial charge in [0, 0.05) is 23.8 Å². The summed E-state index contributed by atoms with van der Waals surface area (Å²) >= 11 is 5.82. The lowest BCUT2D eigenvalue weighted by molar-refractivity contribution is 0.179. The van der Waals surface area contributed by atoms with Gasteiger partial charge in [-0.2, -0.15) is 0 Å². The van der Waals surface area contributed by atoms with E-state index in [1.807, 2.05) is 17.0 Å². The standard InChI is InChI=1S/C15H21ClN2O/c1-2-3-12-8-10-18(11-9-12)15(19)17-14-6-4-13(16)5-7-14/h4-7,12H,2-3,8-11H2,1H3,(H,17,19). The molecule has 0 unspecified atom stereocenters. The Balaban J connectivity index is 1.83. The summed E-state index contributed by atoms with van der Waals surface area (Å²) in [5.74, 6) is 0.796. The Kier molecular flexibility index (Phi) is 5.08. The van der Waals surface area contributed by atoms with Crippen molar-refractivity contribution in [1.29, 1.82) is 0 Å². The zero-order valence-corrected chi connectivity index (χ0v) is 12.1. The number of hydrogen-bond acceptors (Lipinski definition) is 1. The molecular weight excluding hydrogens is 260 g/mol. The van der Waals surface area contributed by atoms with Gasteiger partial charge in [0.25, 0.3) is 0 Å². The second-order valence-corrected chi connectivity index (χ2v) is 5.59. The van der Waals surface area contributed by atoms with Crippen molar-refractivity contribution in [2.75, 3.05) is 18.4 Å². The molecule has 1 aromatic rings. The molecule has 0 saturated carbocycles. The molecule has 1 heterocycles. The van der Waals surface area contributed by atoms with Gasteiger partial charge in [-0.3, -0.25) is 0 Å². The minimum absolute atomic E-state index is 0.00253. The van der Waals surface area contributed by atoms with Gasteiger partial charge in [-0.1, -0.05) is 31.4 Å². The Bertz CT molecular complexity index is 411. The largest absolute Gasteiger partial charge is 0.325 e. The molecule has 2 rings (SSSR count). The van der Waals surface area contributed by atoms with Crippen molar-refractivity contribution in [2.45, 2.75) is 32.6 Å². The van der Waals surface area contributed by atoms with Crippen LogP contribution in [0.2, 0.25) is 5.02 Å². The number of likely N-dealkylation sites (tertiary alicyclic amines) is 1. The van der Waals surface area contributed by atoms with Crippen molar-refractivity contribution in [1.82, 2.24) is 4.90 Å². The van der Waals surface area contributed by atoms with Crippen LogP contribution in [-0.4, -0.2) is 24.0 Å². The molecular formula is C15H21ClN2O. The fourth-order valence-electron chi connectivity index (χ4n) is 2.57. The molecule has 0 aliphatic carbocycles. The highest BCUT2D eigenvalue weighted by atomic mass is 35.5. The van der Waals surface area contributed by atoms with Gasteiger partial charge in [-0.25, -0.2) is 4.79 Å². The second-order valence-electron chi connectivity index (χ2n) is 5.16. The van der Waals surface area contributed by atoms with Crippen LogP contribution in [0.25, 0.3) is 0 Å². The van der Waals surface area contributed by atoms with Gasteiger partial charge in [0.1, 0.15) is 0 Å². The fourth-order valence-corrected chi connectivity index (χ4v) is 2.69. The van der Waals surface area contributed by atoms with Crippen LogP contribution >= 0.6 is 11.6 Å². The highest BCUT2D eigenvalue weighted by Crippen LogP contribution is 2.22. The summed E-state index contributed by atoms with van der Waals surface area (Å²) in [6.45, 7) is 3.95. The highest BCUT2D eigenvalue weighted by Gasteiger charge is 2.22. The van der Waals surface area contributed by atoms with Crippen molar-refractivity contribution in [3.8, 4) is 0 Å². The average molecular weight is 281 g/mol. The molecule has 1 aromatic carbocycles. The number of piperidine rings is 1. The Hall–Kier alpha value is -1.22. The molecule has 1 fully saturated rings. The van der Waals surface area contributed by atoms with E-state index in [2.05, 4.69) is 12.2 Å². The van der Waals surface area contributed by atoms with Crippen molar-refractivity contribution in [3.05, 3.63) is 29.3 Å². The predicted octanol–water partition coefficient (Wildman–Crippen LogP) is 4.38. The summed E-state index contributed by atoms with van der Waals surface area (Å²) in [6.07, 6.45) is 4.78. The van der Waals surface area contributed by atoms with Gasteiger partial charge in [0.15, 0.2) is 0 Å². The number of carbonyl (C=O) groups excluding carboxylic acids is 1. The maximum absolute atomic E-state index is 12.1. The maximum atomic E-state index is 12.1. The van der Waals surface area contributed by atoms with Gasteiger partial charge in [-0.15, -0.1) is 0 Å². The van der Waals surface area contributed by atoms with E-state index < -0.39 is 0 Å². The monoisotopic (exact) mass is 280 g/mol. The third-order valence-corrected chi connectivity index (χ3v) is 3.95. The van der Waals surface area contributed by atoms with Gasteiger partial charge in [0.05, 0.1) is 0 Å². The summed E-state index contributed by atoms with van der Waals surface area (Å²) in [5.41, 5.74) is 0.796. The summed E-state index contributed by atoms with van der Waals surface area (Å²) in [4.78, 5) is 14.0. The van der Waals surface area contributed by atoms with E-state index in [4.69, 9.17) is 11.6 Å². The van der Waals surface area contributed by atoms with E-state index in [1.165, 1.54) is 12.8 Å². The van der Waals surface area contributed by atoms with Gasteiger partial charge in [0.2, 0.25) is 0 Å². The van der Waals surface area contributed by atoms with Crippen LogP contribution in [0, 0.1) is 5.92 Å². The number of urea groups is 1. The Labute approximate surface area is 119 Å². The van der Waals surface area contributed by atoms with Crippen molar-refractivity contribution in [3.63, 3.8) is 0 Å². The van der Waals surface area contributed by atoms with Crippen LogP contribution in [0.1, 0.15) is 32.6 Å². The Morgan fingerprint density at radius 1 is 1.32 bits per heavy atom. The molecule has 1 aliphatic rings. The Morgan fingerprint density at radius 3 is 2.53 bits per heavy atom. The number of nitrogens with one attached hydrogen (secondary N) is 1. The van der Waals surface area contributed by atoms with Crippen molar-refractivity contribution in [2.24, 2.45) is 5.92 Å². The quantitative estimate of drug-likeness (QED) is 0.875. The smallest absolute Gasteiger partial charge is 0.321 e.